The van der Waals surface area contributed by atoms with Gasteiger partial charge in [-0.25, -0.2) is 4.98 Å². The first-order valence-electron chi connectivity index (χ1n) is 6.67. The van der Waals surface area contributed by atoms with Crippen molar-refractivity contribution in [1.82, 2.24) is 4.98 Å². The summed E-state index contributed by atoms with van der Waals surface area (Å²) in [6, 6.07) is 14.9. The third-order valence-corrected chi connectivity index (χ3v) is 5.43. The van der Waals surface area contributed by atoms with E-state index in [0.717, 1.165) is 23.0 Å². The monoisotopic (exact) mass is 344 g/mol. The summed E-state index contributed by atoms with van der Waals surface area (Å²) in [7, 11) is 0. The van der Waals surface area contributed by atoms with Crippen LogP contribution in [0.4, 0.5) is 5.69 Å². The number of anilines is 1. The fraction of sp³-hybridized carbons (Fsp3) is 0.188. The summed E-state index contributed by atoms with van der Waals surface area (Å²) in [6.07, 6.45) is 1.07. The molecule has 0 saturated heterocycles. The molecular formula is C16H13BrN2S. The fourth-order valence-corrected chi connectivity index (χ4v) is 4.11. The van der Waals surface area contributed by atoms with Gasteiger partial charge in [0.05, 0.1) is 15.2 Å². The number of halogens is 1. The molecule has 1 atom stereocenters. The normalized spacial score (nSPS) is 17.8. The number of hydrogen-bond acceptors (Lipinski definition) is 3. The van der Waals surface area contributed by atoms with Crippen molar-refractivity contribution in [2.45, 2.75) is 12.3 Å². The Labute approximate surface area is 130 Å². The zero-order valence-electron chi connectivity index (χ0n) is 10.8. The average molecular weight is 345 g/mol. The first-order chi connectivity index (χ1) is 9.79. The molecule has 4 rings (SSSR count). The molecular weight excluding hydrogens is 332 g/mol. The molecule has 0 aliphatic carbocycles. The molecule has 2 nitrogen and oxygen atoms in total. The number of nitrogens with zero attached hydrogens (tertiary/aromatic N) is 1. The maximum atomic E-state index is 4.82. The van der Waals surface area contributed by atoms with E-state index in [0.29, 0.717) is 5.92 Å². The van der Waals surface area contributed by atoms with Crippen LogP contribution >= 0.6 is 27.3 Å². The van der Waals surface area contributed by atoms with Gasteiger partial charge >= 0.3 is 0 Å². The number of fused-ring (bicyclic) bond motifs is 2. The predicted molar refractivity (Wildman–Crippen MR) is 88.7 cm³/mol. The molecule has 1 aliphatic heterocycles. The van der Waals surface area contributed by atoms with Crippen molar-refractivity contribution >= 4 is 43.2 Å². The Bertz CT molecular complexity index is 781. The van der Waals surface area contributed by atoms with E-state index >= 15 is 0 Å². The second-order valence-corrected chi connectivity index (χ2v) is 7.08. The lowest BCUT2D eigenvalue weighted by Crippen LogP contribution is -2.21. The smallest absolute Gasteiger partial charge is 0.0990 e. The van der Waals surface area contributed by atoms with E-state index in [2.05, 4.69) is 63.7 Å². The molecule has 3 aromatic rings. The van der Waals surface area contributed by atoms with E-state index < -0.39 is 0 Å². The first-order valence-corrected chi connectivity index (χ1v) is 8.28. The largest absolute Gasteiger partial charge is 0.384 e. The lowest BCUT2D eigenvalue weighted by molar-refractivity contribution is 0.691. The van der Waals surface area contributed by atoms with Gasteiger partial charge in [0, 0.05) is 22.6 Å². The number of hydrogen-bond donors (Lipinski definition) is 1. The highest BCUT2D eigenvalue weighted by atomic mass is 79.9. The van der Waals surface area contributed by atoms with Gasteiger partial charge < -0.3 is 5.32 Å². The Kier molecular flexibility index (Phi) is 3.00. The molecule has 0 fully saturated rings. The van der Waals surface area contributed by atoms with Gasteiger partial charge in [-0.1, -0.05) is 34.1 Å². The topological polar surface area (TPSA) is 24.9 Å². The first kappa shape index (κ1) is 12.4. The average Bonchev–Trinajstić information content (AvgIpc) is 2.89. The standard InChI is InChI=1S/C16H13BrN2S/c17-12-5-6-15-14(8-12)19-16(20-15)11-7-10-3-1-2-4-13(10)18-9-11/h1-6,8,11,18H,7,9H2. The molecule has 0 amide bonds. The van der Waals surface area contributed by atoms with Crippen LogP contribution < -0.4 is 5.32 Å². The zero-order chi connectivity index (χ0) is 13.5. The number of aromatic nitrogens is 1. The van der Waals surface area contributed by atoms with Crippen molar-refractivity contribution in [2.75, 3.05) is 11.9 Å². The summed E-state index contributed by atoms with van der Waals surface area (Å²) in [5.41, 5.74) is 3.76. The van der Waals surface area contributed by atoms with Gasteiger partial charge in [-0.15, -0.1) is 11.3 Å². The Balaban J connectivity index is 1.70. The lowest BCUT2D eigenvalue weighted by atomic mass is 9.94. The van der Waals surface area contributed by atoms with Crippen LogP contribution in [0.3, 0.4) is 0 Å². The predicted octanol–water partition coefficient (Wildman–Crippen LogP) is 4.81. The van der Waals surface area contributed by atoms with Crippen LogP contribution in [0.25, 0.3) is 10.2 Å². The highest BCUT2D eigenvalue weighted by Gasteiger charge is 2.22. The van der Waals surface area contributed by atoms with E-state index in [9.17, 15) is 0 Å². The number of benzene rings is 2. The van der Waals surface area contributed by atoms with Crippen LogP contribution in [-0.4, -0.2) is 11.5 Å². The van der Waals surface area contributed by atoms with Crippen molar-refractivity contribution in [3.8, 4) is 0 Å². The Hall–Kier alpha value is -1.39. The number of thiazole rings is 1. The molecule has 4 heteroatoms. The van der Waals surface area contributed by atoms with Crippen LogP contribution in [0.2, 0.25) is 0 Å². The maximum Gasteiger partial charge on any atom is 0.0990 e. The third kappa shape index (κ3) is 2.13. The highest BCUT2D eigenvalue weighted by molar-refractivity contribution is 9.10. The molecule has 0 bridgehead atoms. The van der Waals surface area contributed by atoms with Crippen molar-refractivity contribution in [2.24, 2.45) is 0 Å². The van der Waals surface area contributed by atoms with Crippen LogP contribution in [0.15, 0.2) is 46.9 Å². The van der Waals surface area contributed by atoms with Gasteiger partial charge in [-0.3, -0.25) is 0 Å². The summed E-state index contributed by atoms with van der Waals surface area (Å²) in [5, 5.41) is 4.76. The van der Waals surface area contributed by atoms with Gasteiger partial charge in [-0.2, -0.15) is 0 Å². The number of rotatable bonds is 1. The number of para-hydroxylation sites is 1. The lowest BCUT2D eigenvalue weighted by Gasteiger charge is -2.24. The van der Waals surface area contributed by atoms with Gasteiger partial charge in [0.15, 0.2) is 0 Å². The molecule has 0 saturated carbocycles. The third-order valence-electron chi connectivity index (χ3n) is 3.74. The van der Waals surface area contributed by atoms with E-state index in [1.165, 1.54) is 21.0 Å². The summed E-state index contributed by atoms with van der Waals surface area (Å²) < 4.78 is 2.36. The molecule has 1 aromatic heterocycles. The molecule has 2 aromatic carbocycles. The maximum absolute atomic E-state index is 4.82. The van der Waals surface area contributed by atoms with E-state index in [-0.39, 0.29) is 0 Å². The van der Waals surface area contributed by atoms with Gasteiger partial charge in [0.1, 0.15) is 0 Å². The van der Waals surface area contributed by atoms with Crippen molar-refractivity contribution in [3.05, 3.63) is 57.5 Å². The van der Waals surface area contributed by atoms with Gasteiger partial charge in [0.25, 0.3) is 0 Å². The minimum atomic E-state index is 0.473. The van der Waals surface area contributed by atoms with Crippen molar-refractivity contribution in [1.29, 1.82) is 0 Å². The minimum Gasteiger partial charge on any atom is -0.384 e. The molecule has 1 N–H and O–H groups in total. The van der Waals surface area contributed by atoms with E-state index in [4.69, 9.17) is 4.98 Å². The van der Waals surface area contributed by atoms with Crippen LogP contribution in [-0.2, 0) is 6.42 Å². The summed E-state index contributed by atoms with van der Waals surface area (Å²) in [6.45, 7) is 0.970. The molecule has 0 radical (unpaired) electrons. The summed E-state index contributed by atoms with van der Waals surface area (Å²) >= 11 is 5.33. The highest BCUT2D eigenvalue weighted by Crippen LogP contribution is 2.35. The van der Waals surface area contributed by atoms with E-state index in [1.807, 2.05) is 11.3 Å². The molecule has 20 heavy (non-hydrogen) atoms. The minimum absolute atomic E-state index is 0.473. The van der Waals surface area contributed by atoms with Gasteiger partial charge in [0.2, 0.25) is 0 Å². The molecule has 1 aliphatic rings. The molecule has 2 heterocycles. The van der Waals surface area contributed by atoms with Crippen LogP contribution in [0.5, 0.6) is 0 Å². The van der Waals surface area contributed by atoms with E-state index in [1.54, 1.807) is 0 Å². The second kappa shape index (κ2) is 4.86. The SMILES string of the molecule is Brc1ccc2sc(C3CNc4ccccc4C3)nc2c1. The van der Waals surface area contributed by atoms with Crippen LogP contribution in [0.1, 0.15) is 16.5 Å². The van der Waals surface area contributed by atoms with Crippen molar-refractivity contribution in [3.63, 3.8) is 0 Å². The second-order valence-electron chi connectivity index (χ2n) is 5.10. The Morgan fingerprint density at radius 3 is 3.05 bits per heavy atom. The Morgan fingerprint density at radius 1 is 1.20 bits per heavy atom. The van der Waals surface area contributed by atoms with Crippen molar-refractivity contribution < 1.29 is 0 Å². The van der Waals surface area contributed by atoms with Crippen LogP contribution in [0, 0.1) is 0 Å². The Morgan fingerprint density at radius 2 is 2.10 bits per heavy atom. The van der Waals surface area contributed by atoms with Gasteiger partial charge in [-0.05, 0) is 36.2 Å². The molecule has 100 valence electrons. The molecule has 0 spiro atoms. The number of nitrogens with one attached hydrogen (secondary N) is 1. The quantitative estimate of drug-likeness (QED) is 0.685. The summed E-state index contributed by atoms with van der Waals surface area (Å²) in [5.74, 6) is 0.473. The summed E-state index contributed by atoms with van der Waals surface area (Å²) in [4.78, 5) is 4.82. The zero-order valence-corrected chi connectivity index (χ0v) is 13.2. The molecule has 1 unspecified atom stereocenters. The fourth-order valence-electron chi connectivity index (χ4n) is 2.71.